The number of carbonyl (C=O) groups is 1. The molecular weight excluding hydrogens is 364 g/mol. The molecule has 3 aromatic rings. The second-order valence-corrected chi connectivity index (χ2v) is 7.00. The fraction of sp³-hybridized carbons (Fsp3) is 0.300. The molecule has 1 saturated heterocycles. The van der Waals surface area contributed by atoms with Gasteiger partial charge in [-0.2, -0.15) is 0 Å². The number of benzene rings is 1. The first kappa shape index (κ1) is 18.2. The summed E-state index contributed by atoms with van der Waals surface area (Å²) in [6, 6.07) is 10.4. The summed E-state index contributed by atoms with van der Waals surface area (Å²) in [5.74, 6) is -3.10. The van der Waals surface area contributed by atoms with Crippen LogP contribution in [-0.2, 0) is 6.54 Å². The number of hydrogen-bond acceptors (Lipinski definition) is 4. The molecule has 0 saturated carbocycles. The topological polar surface area (TPSA) is 63.9 Å². The highest BCUT2D eigenvalue weighted by Crippen LogP contribution is 2.41. The van der Waals surface area contributed by atoms with Crippen LogP contribution in [0.15, 0.2) is 55.1 Å². The van der Waals surface area contributed by atoms with E-state index in [-0.39, 0.29) is 0 Å². The molecule has 4 rings (SSSR count). The summed E-state index contributed by atoms with van der Waals surface area (Å²) < 4.78 is 30.3. The summed E-state index contributed by atoms with van der Waals surface area (Å²) in [4.78, 5) is 18.2. The molecule has 0 spiro atoms. The Kier molecular flexibility index (Phi) is 4.62. The van der Waals surface area contributed by atoms with E-state index in [1.54, 1.807) is 23.8 Å². The number of halogens is 2. The van der Waals surface area contributed by atoms with Gasteiger partial charge in [-0.1, -0.05) is 30.3 Å². The fourth-order valence-corrected chi connectivity index (χ4v) is 3.53. The van der Waals surface area contributed by atoms with Crippen molar-refractivity contribution in [3.05, 3.63) is 77.6 Å². The van der Waals surface area contributed by atoms with Gasteiger partial charge in [0.15, 0.2) is 5.82 Å². The number of alkyl halides is 2. The highest BCUT2D eigenvalue weighted by molar-refractivity contribution is 5.95. The minimum atomic E-state index is -2.99. The lowest BCUT2D eigenvalue weighted by molar-refractivity contribution is 0.0117. The molecule has 1 aliphatic rings. The van der Waals surface area contributed by atoms with E-state index in [1.807, 2.05) is 30.3 Å². The highest BCUT2D eigenvalue weighted by atomic mass is 19.3. The summed E-state index contributed by atoms with van der Waals surface area (Å²) >= 11 is 0. The minimum Gasteiger partial charge on any atom is -0.322 e. The van der Waals surface area contributed by atoms with Gasteiger partial charge in [0, 0.05) is 18.8 Å². The van der Waals surface area contributed by atoms with Crippen molar-refractivity contribution in [2.24, 2.45) is 0 Å². The Bertz CT molecular complexity index is 989. The SMILES string of the molecule is Cc1ccncc1C(=O)N1CC(F)(F)CC1c1nncn1Cc1ccccc1. The molecule has 1 unspecified atom stereocenters. The lowest BCUT2D eigenvalue weighted by Gasteiger charge is -2.24. The molecule has 0 radical (unpaired) electrons. The van der Waals surface area contributed by atoms with Gasteiger partial charge in [-0.3, -0.25) is 9.78 Å². The molecule has 144 valence electrons. The molecule has 1 aromatic carbocycles. The van der Waals surface area contributed by atoms with Crippen LogP contribution in [0.1, 0.15) is 39.8 Å². The third kappa shape index (κ3) is 3.49. The van der Waals surface area contributed by atoms with Gasteiger partial charge in [-0.25, -0.2) is 8.78 Å². The van der Waals surface area contributed by atoms with E-state index in [4.69, 9.17) is 0 Å². The number of aromatic nitrogens is 4. The Morgan fingerprint density at radius 3 is 2.79 bits per heavy atom. The van der Waals surface area contributed by atoms with Gasteiger partial charge in [-0.05, 0) is 24.1 Å². The van der Waals surface area contributed by atoms with Crippen molar-refractivity contribution in [3.63, 3.8) is 0 Å². The number of pyridine rings is 1. The van der Waals surface area contributed by atoms with E-state index < -0.39 is 30.8 Å². The van der Waals surface area contributed by atoms with Gasteiger partial charge in [0.25, 0.3) is 11.8 Å². The molecule has 1 fully saturated rings. The molecule has 0 bridgehead atoms. The Morgan fingerprint density at radius 2 is 2.04 bits per heavy atom. The first-order valence-electron chi connectivity index (χ1n) is 8.96. The Labute approximate surface area is 160 Å². The van der Waals surface area contributed by atoms with Crippen LogP contribution in [0, 0.1) is 6.92 Å². The zero-order chi connectivity index (χ0) is 19.7. The van der Waals surface area contributed by atoms with Gasteiger partial charge in [0.05, 0.1) is 24.7 Å². The van der Waals surface area contributed by atoms with Gasteiger partial charge in [0.2, 0.25) is 0 Å². The largest absolute Gasteiger partial charge is 0.322 e. The number of carbonyl (C=O) groups excluding carboxylic acids is 1. The molecule has 0 N–H and O–H groups in total. The van der Waals surface area contributed by atoms with Crippen molar-refractivity contribution in [2.75, 3.05) is 6.54 Å². The molecule has 2 aromatic heterocycles. The second-order valence-electron chi connectivity index (χ2n) is 7.00. The van der Waals surface area contributed by atoms with Crippen molar-refractivity contribution < 1.29 is 13.6 Å². The summed E-state index contributed by atoms with van der Waals surface area (Å²) in [6.45, 7) is 1.55. The summed E-state index contributed by atoms with van der Waals surface area (Å²) in [5, 5.41) is 7.99. The maximum atomic E-state index is 14.3. The molecule has 1 amide bonds. The molecule has 28 heavy (non-hydrogen) atoms. The van der Waals surface area contributed by atoms with Crippen LogP contribution in [0.25, 0.3) is 0 Å². The van der Waals surface area contributed by atoms with E-state index in [0.717, 1.165) is 5.56 Å². The average Bonchev–Trinajstić information content (AvgIpc) is 3.25. The normalized spacial score (nSPS) is 18.4. The van der Waals surface area contributed by atoms with Crippen LogP contribution in [0.5, 0.6) is 0 Å². The van der Waals surface area contributed by atoms with E-state index in [9.17, 15) is 13.6 Å². The minimum absolute atomic E-state index is 0.319. The number of amides is 1. The fourth-order valence-electron chi connectivity index (χ4n) is 3.53. The smallest absolute Gasteiger partial charge is 0.267 e. The zero-order valence-electron chi connectivity index (χ0n) is 15.3. The van der Waals surface area contributed by atoms with Gasteiger partial charge in [-0.15, -0.1) is 10.2 Å². The monoisotopic (exact) mass is 383 g/mol. The van der Waals surface area contributed by atoms with E-state index in [1.165, 1.54) is 17.4 Å². The second kappa shape index (κ2) is 7.10. The summed E-state index contributed by atoms with van der Waals surface area (Å²) in [5.41, 5.74) is 2.01. The zero-order valence-corrected chi connectivity index (χ0v) is 15.3. The maximum Gasteiger partial charge on any atom is 0.267 e. The van der Waals surface area contributed by atoms with Crippen molar-refractivity contribution in [3.8, 4) is 0 Å². The number of aryl methyl sites for hydroxylation is 1. The predicted octanol–water partition coefficient (Wildman–Crippen LogP) is 3.25. The van der Waals surface area contributed by atoms with Crippen LogP contribution in [0.3, 0.4) is 0 Å². The van der Waals surface area contributed by atoms with Crippen LogP contribution < -0.4 is 0 Å². The molecular formula is C20H19F2N5O. The predicted molar refractivity (Wildman–Crippen MR) is 97.9 cm³/mol. The molecule has 6 nitrogen and oxygen atoms in total. The molecule has 8 heteroatoms. The number of hydrogen-bond donors (Lipinski definition) is 0. The van der Waals surface area contributed by atoms with Crippen molar-refractivity contribution in [2.45, 2.75) is 31.9 Å². The lowest BCUT2D eigenvalue weighted by Crippen LogP contribution is -2.34. The quantitative estimate of drug-likeness (QED) is 0.694. The van der Waals surface area contributed by atoms with Gasteiger partial charge < -0.3 is 9.47 Å². The van der Waals surface area contributed by atoms with Crippen molar-refractivity contribution >= 4 is 5.91 Å². The van der Waals surface area contributed by atoms with Gasteiger partial charge in [0.1, 0.15) is 6.33 Å². The van der Waals surface area contributed by atoms with Crippen LogP contribution in [0.2, 0.25) is 0 Å². The first-order valence-corrected chi connectivity index (χ1v) is 8.96. The van der Waals surface area contributed by atoms with Crippen LogP contribution >= 0.6 is 0 Å². The molecule has 3 heterocycles. The number of nitrogens with zero attached hydrogens (tertiary/aromatic N) is 5. The first-order chi connectivity index (χ1) is 13.4. The average molecular weight is 383 g/mol. The number of likely N-dealkylation sites (tertiary alicyclic amines) is 1. The van der Waals surface area contributed by atoms with Crippen LogP contribution in [-0.4, -0.2) is 43.0 Å². The third-order valence-corrected chi connectivity index (χ3v) is 4.94. The van der Waals surface area contributed by atoms with E-state index in [2.05, 4.69) is 15.2 Å². The molecule has 1 aliphatic heterocycles. The Morgan fingerprint density at radius 1 is 1.25 bits per heavy atom. The maximum absolute atomic E-state index is 14.3. The molecule has 1 atom stereocenters. The van der Waals surface area contributed by atoms with Crippen LogP contribution in [0.4, 0.5) is 8.78 Å². The number of rotatable bonds is 4. The summed E-state index contributed by atoms with van der Waals surface area (Å²) in [7, 11) is 0. The standard InChI is InChI=1S/C20H19F2N5O/c1-14-7-8-23-10-16(14)19(28)27-12-20(21,22)9-17(27)18-25-24-13-26(18)11-15-5-3-2-4-6-15/h2-8,10,13,17H,9,11-12H2,1H3. The van der Waals surface area contributed by atoms with Gasteiger partial charge >= 0.3 is 0 Å². The third-order valence-electron chi connectivity index (χ3n) is 4.94. The van der Waals surface area contributed by atoms with Crippen molar-refractivity contribution in [1.29, 1.82) is 0 Å². The summed E-state index contributed by atoms with van der Waals surface area (Å²) in [6.07, 6.45) is 4.01. The molecule has 0 aliphatic carbocycles. The highest BCUT2D eigenvalue weighted by Gasteiger charge is 2.49. The van der Waals surface area contributed by atoms with E-state index >= 15 is 0 Å². The lowest BCUT2D eigenvalue weighted by atomic mass is 10.1. The Hall–Kier alpha value is -3.16. The van der Waals surface area contributed by atoms with E-state index in [0.29, 0.717) is 23.5 Å². The Balaban J connectivity index is 1.67. The van der Waals surface area contributed by atoms with Crippen molar-refractivity contribution in [1.82, 2.24) is 24.6 Å².